The molecule has 1 fully saturated rings. The van der Waals surface area contributed by atoms with E-state index in [0.717, 1.165) is 19.6 Å². The van der Waals surface area contributed by atoms with Crippen molar-refractivity contribution in [1.82, 2.24) is 4.67 Å². The summed E-state index contributed by atoms with van der Waals surface area (Å²) in [5.41, 5.74) is 2.67. The lowest BCUT2D eigenvalue weighted by Crippen LogP contribution is -2.47. The molecule has 4 heteroatoms. The molecule has 0 N–H and O–H groups in total. The van der Waals surface area contributed by atoms with Gasteiger partial charge in [0.25, 0.3) is 0 Å². The lowest BCUT2D eigenvalue weighted by Gasteiger charge is -2.52. The highest BCUT2D eigenvalue weighted by Crippen LogP contribution is 2.55. The Morgan fingerprint density at radius 2 is 1.46 bits per heavy atom. The van der Waals surface area contributed by atoms with Gasteiger partial charge in [0.2, 0.25) is 0 Å². The van der Waals surface area contributed by atoms with Gasteiger partial charge in [0.15, 0.2) is 8.37 Å². The van der Waals surface area contributed by atoms with Gasteiger partial charge in [0, 0.05) is 37.1 Å². The highest BCUT2D eigenvalue weighted by atomic mass is 31.2. The predicted molar refractivity (Wildman–Crippen MR) is 107 cm³/mol. The molecular weight excluding hydrogens is 313 g/mol. The topological polar surface area (TPSA) is 9.72 Å². The maximum absolute atomic E-state index is 2.65. The van der Waals surface area contributed by atoms with Crippen LogP contribution in [0.3, 0.4) is 0 Å². The van der Waals surface area contributed by atoms with E-state index in [1.807, 2.05) is 0 Å². The molecule has 0 aliphatic carbocycles. The molecule has 0 radical (unpaired) electrons. The molecule has 3 rings (SSSR count). The van der Waals surface area contributed by atoms with E-state index in [0.29, 0.717) is 6.04 Å². The van der Waals surface area contributed by atoms with Crippen molar-refractivity contribution in [1.29, 1.82) is 0 Å². The van der Waals surface area contributed by atoms with Gasteiger partial charge in [-0.1, -0.05) is 50.2 Å². The Labute approximate surface area is 147 Å². The van der Waals surface area contributed by atoms with Crippen LogP contribution in [0.5, 0.6) is 0 Å². The summed E-state index contributed by atoms with van der Waals surface area (Å²) in [6.45, 7) is 10.2. The summed E-state index contributed by atoms with van der Waals surface area (Å²) in [7, 11) is -0.554. The Morgan fingerprint density at radius 1 is 0.917 bits per heavy atom. The van der Waals surface area contributed by atoms with Crippen LogP contribution in [0.4, 0.5) is 11.4 Å². The van der Waals surface area contributed by atoms with Gasteiger partial charge in [-0.3, -0.25) is 0 Å². The fourth-order valence-electron chi connectivity index (χ4n) is 3.35. The van der Waals surface area contributed by atoms with E-state index < -0.39 is 8.37 Å². The smallest absolute Gasteiger partial charge is 0.178 e. The monoisotopic (exact) mass is 341 g/mol. The summed E-state index contributed by atoms with van der Waals surface area (Å²) < 4.78 is 7.89. The number of nitrogens with zero attached hydrogens (tertiary/aromatic N) is 3. The minimum Gasteiger partial charge on any atom is -0.321 e. The Kier molecular flexibility index (Phi) is 5.76. The first-order chi connectivity index (χ1) is 11.8. The number of para-hydroxylation sites is 2. The normalized spacial score (nSPS) is 21.3. The van der Waals surface area contributed by atoms with Crippen molar-refractivity contribution in [2.24, 2.45) is 0 Å². The van der Waals surface area contributed by atoms with Crippen LogP contribution in [0.1, 0.15) is 27.2 Å². The molecule has 1 aliphatic rings. The van der Waals surface area contributed by atoms with Crippen molar-refractivity contribution >= 4 is 19.7 Å². The summed E-state index contributed by atoms with van der Waals surface area (Å²) in [6, 6.07) is 22.4. The molecule has 24 heavy (non-hydrogen) atoms. The second-order valence-electron chi connectivity index (χ2n) is 6.18. The van der Waals surface area contributed by atoms with Gasteiger partial charge >= 0.3 is 0 Å². The molecule has 2 unspecified atom stereocenters. The number of benzene rings is 2. The quantitative estimate of drug-likeness (QED) is 0.678. The first-order valence-corrected chi connectivity index (χ1v) is 10.2. The zero-order valence-corrected chi connectivity index (χ0v) is 15.9. The maximum atomic E-state index is 2.65. The molecule has 0 amide bonds. The SMILES string of the molecule is CCN(CC)P1N(c2ccccc2)CCC(C)N1c1ccccc1. The van der Waals surface area contributed by atoms with Crippen molar-refractivity contribution in [3.8, 4) is 0 Å². The molecule has 3 nitrogen and oxygen atoms in total. The van der Waals surface area contributed by atoms with Gasteiger partial charge < -0.3 is 9.34 Å². The number of hydrogen-bond donors (Lipinski definition) is 0. The van der Waals surface area contributed by atoms with Crippen LogP contribution >= 0.6 is 8.37 Å². The first-order valence-electron chi connectivity index (χ1n) is 8.98. The van der Waals surface area contributed by atoms with Crippen LogP contribution < -0.4 is 9.34 Å². The molecule has 0 bridgehead atoms. The van der Waals surface area contributed by atoms with Crippen molar-refractivity contribution in [2.45, 2.75) is 33.2 Å². The van der Waals surface area contributed by atoms with Gasteiger partial charge in [-0.25, -0.2) is 4.67 Å². The first kappa shape index (κ1) is 17.3. The highest BCUT2D eigenvalue weighted by Gasteiger charge is 2.37. The van der Waals surface area contributed by atoms with Crippen LogP contribution in [-0.4, -0.2) is 30.3 Å². The van der Waals surface area contributed by atoms with Crippen LogP contribution in [0.15, 0.2) is 60.7 Å². The largest absolute Gasteiger partial charge is 0.321 e. The lowest BCUT2D eigenvalue weighted by atomic mass is 10.2. The Morgan fingerprint density at radius 3 is 2.00 bits per heavy atom. The molecule has 2 atom stereocenters. The summed E-state index contributed by atoms with van der Waals surface area (Å²) >= 11 is 0. The van der Waals surface area contributed by atoms with Crippen LogP contribution in [-0.2, 0) is 0 Å². The number of hydrogen-bond acceptors (Lipinski definition) is 3. The van der Waals surface area contributed by atoms with Gasteiger partial charge in [0.05, 0.1) is 0 Å². The third-order valence-corrected chi connectivity index (χ3v) is 7.59. The molecular formula is C20H28N3P. The zero-order valence-electron chi connectivity index (χ0n) is 15.0. The predicted octanol–water partition coefficient (Wildman–Crippen LogP) is 5.36. The zero-order chi connectivity index (χ0) is 16.9. The molecule has 0 spiro atoms. The Balaban J connectivity index is 2.03. The highest BCUT2D eigenvalue weighted by molar-refractivity contribution is 7.58. The van der Waals surface area contributed by atoms with Gasteiger partial charge in [-0.15, -0.1) is 0 Å². The Hall–Kier alpha value is -1.57. The second-order valence-corrected chi connectivity index (χ2v) is 8.20. The summed E-state index contributed by atoms with van der Waals surface area (Å²) in [5, 5.41) is 0. The molecule has 128 valence electrons. The third-order valence-electron chi connectivity index (χ3n) is 4.64. The fourth-order valence-corrected chi connectivity index (χ4v) is 6.11. The average Bonchev–Trinajstić information content (AvgIpc) is 2.64. The minimum atomic E-state index is -0.554. The summed E-state index contributed by atoms with van der Waals surface area (Å²) in [4.78, 5) is 0. The lowest BCUT2D eigenvalue weighted by molar-refractivity contribution is 0.485. The van der Waals surface area contributed by atoms with Crippen LogP contribution in [0.25, 0.3) is 0 Å². The average molecular weight is 341 g/mol. The van der Waals surface area contributed by atoms with Crippen molar-refractivity contribution in [3.05, 3.63) is 60.7 Å². The molecule has 1 heterocycles. The molecule has 0 aromatic heterocycles. The molecule has 1 saturated heterocycles. The van der Waals surface area contributed by atoms with Crippen LogP contribution in [0, 0.1) is 0 Å². The van der Waals surface area contributed by atoms with E-state index in [2.05, 4.69) is 95.4 Å². The van der Waals surface area contributed by atoms with Crippen molar-refractivity contribution in [2.75, 3.05) is 29.0 Å². The van der Waals surface area contributed by atoms with Gasteiger partial charge in [-0.05, 0) is 37.6 Å². The number of rotatable bonds is 5. The second kappa shape index (κ2) is 8.00. The standard InChI is InChI=1S/C20H28N3P/c1-4-21(5-2)24-22(19-12-8-6-9-13-19)17-16-18(3)23(24)20-14-10-7-11-15-20/h6-15,18H,4-5,16-17H2,1-3H3. The molecule has 1 aliphatic heterocycles. The van der Waals surface area contributed by atoms with Gasteiger partial charge in [0.1, 0.15) is 0 Å². The summed E-state index contributed by atoms with van der Waals surface area (Å²) in [5.74, 6) is 0. The molecule has 2 aromatic rings. The Bertz CT molecular complexity index is 615. The summed E-state index contributed by atoms with van der Waals surface area (Å²) in [6.07, 6.45) is 1.18. The van der Waals surface area contributed by atoms with E-state index >= 15 is 0 Å². The van der Waals surface area contributed by atoms with Gasteiger partial charge in [-0.2, -0.15) is 0 Å². The third kappa shape index (κ3) is 3.43. The maximum Gasteiger partial charge on any atom is 0.178 e. The molecule has 2 aromatic carbocycles. The molecule has 0 saturated carbocycles. The van der Waals surface area contributed by atoms with E-state index in [1.165, 1.54) is 17.8 Å². The van der Waals surface area contributed by atoms with E-state index in [1.54, 1.807) is 0 Å². The van der Waals surface area contributed by atoms with E-state index in [9.17, 15) is 0 Å². The minimum absolute atomic E-state index is 0.554. The van der Waals surface area contributed by atoms with Crippen LogP contribution in [0.2, 0.25) is 0 Å². The van der Waals surface area contributed by atoms with Crippen molar-refractivity contribution in [3.63, 3.8) is 0 Å². The van der Waals surface area contributed by atoms with Crippen molar-refractivity contribution < 1.29 is 0 Å². The fraction of sp³-hybridized carbons (Fsp3) is 0.400. The van der Waals surface area contributed by atoms with E-state index in [4.69, 9.17) is 0 Å². The van der Waals surface area contributed by atoms with E-state index in [-0.39, 0.29) is 0 Å². The number of anilines is 2.